The Morgan fingerprint density at radius 2 is 1.80 bits per heavy atom. The van der Waals surface area contributed by atoms with Crippen LogP contribution in [0.5, 0.6) is 0 Å². The summed E-state index contributed by atoms with van der Waals surface area (Å²) >= 11 is 3.47. The van der Waals surface area contributed by atoms with Gasteiger partial charge in [0.15, 0.2) is 6.04 Å². The second kappa shape index (κ2) is 6.57. The molecule has 0 amide bonds. The van der Waals surface area contributed by atoms with Gasteiger partial charge in [0.2, 0.25) is 0 Å². The SMILES string of the molecule is COC(=O)C(Nc1ccc(C)cc1)c1ccccc1Br. The molecule has 1 unspecified atom stereocenters. The number of hydrogen-bond acceptors (Lipinski definition) is 3. The fourth-order valence-corrected chi connectivity index (χ4v) is 2.42. The van der Waals surface area contributed by atoms with E-state index in [9.17, 15) is 4.79 Å². The molecule has 0 saturated heterocycles. The highest BCUT2D eigenvalue weighted by Gasteiger charge is 2.23. The Kier molecular flexibility index (Phi) is 4.79. The average Bonchev–Trinajstić information content (AvgIpc) is 2.47. The van der Waals surface area contributed by atoms with Crippen LogP contribution in [0.3, 0.4) is 0 Å². The first-order valence-corrected chi connectivity index (χ1v) is 7.06. The minimum absolute atomic E-state index is 0.322. The van der Waals surface area contributed by atoms with Crippen molar-refractivity contribution in [2.24, 2.45) is 0 Å². The first-order chi connectivity index (χ1) is 9.61. The molecule has 0 saturated carbocycles. The number of hydrogen-bond donors (Lipinski definition) is 1. The number of benzene rings is 2. The highest BCUT2D eigenvalue weighted by Crippen LogP contribution is 2.27. The fraction of sp³-hybridized carbons (Fsp3) is 0.188. The van der Waals surface area contributed by atoms with Crippen molar-refractivity contribution in [2.75, 3.05) is 12.4 Å². The van der Waals surface area contributed by atoms with Gasteiger partial charge in [-0.15, -0.1) is 0 Å². The zero-order chi connectivity index (χ0) is 14.5. The molecule has 0 aromatic heterocycles. The van der Waals surface area contributed by atoms with Gasteiger partial charge in [-0.25, -0.2) is 4.79 Å². The van der Waals surface area contributed by atoms with E-state index in [1.807, 2.05) is 55.5 Å². The summed E-state index contributed by atoms with van der Waals surface area (Å²) in [6, 6.07) is 15.0. The minimum atomic E-state index is -0.543. The molecule has 0 heterocycles. The summed E-state index contributed by atoms with van der Waals surface area (Å²) < 4.78 is 5.77. The van der Waals surface area contributed by atoms with Crippen molar-refractivity contribution in [3.8, 4) is 0 Å². The van der Waals surface area contributed by atoms with E-state index in [0.717, 1.165) is 15.7 Å². The zero-order valence-corrected chi connectivity index (χ0v) is 13.0. The quantitative estimate of drug-likeness (QED) is 0.856. The van der Waals surface area contributed by atoms with Gasteiger partial charge in [-0.3, -0.25) is 0 Å². The summed E-state index contributed by atoms with van der Waals surface area (Å²) in [6.45, 7) is 2.02. The van der Waals surface area contributed by atoms with Crippen LogP contribution in [0.25, 0.3) is 0 Å². The Morgan fingerprint density at radius 3 is 2.40 bits per heavy atom. The number of methoxy groups -OCH3 is 1. The van der Waals surface area contributed by atoms with Crippen molar-refractivity contribution < 1.29 is 9.53 Å². The molecule has 1 N–H and O–H groups in total. The number of halogens is 1. The van der Waals surface area contributed by atoms with Crippen molar-refractivity contribution >= 4 is 27.6 Å². The second-order valence-corrected chi connectivity index (χ2v) is 5.34. The van der Waals surface area contributed by atoms with Crippen LogP contribution in [0.4, 0.5) is 5.69 Å². The molecule has 0 fully saturated rings. The molecule has 2 aromatic rings. The lowest BCUT2D eigenvalue weighted by Gasteiger charge is -2.19. The van der Waals surface area contributed by atoms with Crippen molar-refractivity contribution in [2.45, 2.75) is 13.0 Å². The maximum Gasteiger partial charge on any atom is 0.333 e. The standard InChI is InChI=1S/C16H16BrNO2/c1-11-7-9-12(10-8-11)18-15(16(19)20-2)13-5-3-4-6-14(13)17/h3-10,15,18H,1-2H3. The van der Waals surface area contributed by atoms with Gasteiger partial charge in [0.25, 0.3) is 0 Å². The largest absolute Gasteiger partial charge is 0.467 e. The van der Waals surface area contributed by atoms with Gasteiger partial charge >= 0.3 is 5.97 Å². The van der Waals surface area contributed by atoms with E-state index in [-0.39, 0.29) is 5.97 Å². The number of anilines is 1. The summed E-state index contributed by atoms with van der Waals surface area (Å²) in [7, 11) is 1.39. The van der Waals surface area contributed by atoms with Crippen LogP contribution in [0, 0.1) is 6.92 Å². The van der Waals surface area contributed by atoms with Gasteiger partial charge in [-0.05, 0) is 30.7 Å². The molecular weight excluding hydrogens is 318 g/mol. The number of rotatable bonds is 4. The third kappa shape index (κ3) is 3.39. The van der Waals surface area contributed by atoms with Gasteiger partial charge in [-0.1, -0.05) is 51.8 Å². The Labute approximate surface area is 127 Å². The van der Waals surface area contributed by atoms with Crippen LogP contribution >= 0.6 is 15.9 Å². The van der Waals surface area contributed by atoms with Gasteiger partial charge in [0.05, 0.1) is 7.11 Å². The fourth-order valence-electron chi connectivity index (χ4n) is 1.91. The highest BCUT2D eigenvalue weighted by molar-refractivity contribution is 9.10. The molecule has 0 aliphatic rings. The lowest BCUT2D eigenvalue weighted by Crippen LogP contribution is -2.22. The summed E-state index contributed by atoms with van der Waals surface area (Å²) in [6.07, 6.45) is 0. The van der Waals surface area contributed by atoms with Crippen molar-refractivity contribution in [1.29, 1.82) is 0 Å². The predicted molar refractivity (Wildman–Crippen MR) is 83.7 cm³/mol. The summed E-state index contributed by atoms with van der Waals surface area (Å²) in [5.74, 6) is -0.322. The van der Waals surface area contributed by atoms with Crippen molar-refractivity contribution in [3.05, 3.63) is 64.1 Å². The van der Waals surface area contributed by atoms with Crippen LogP contribution in [0.1, 0.15) is 17.2 Å². The van der Waals surface area contributed by atoms with Gasteiger partial charge in [0.1, 0.15) is 0 Å². The van der Waals surface area contributed by atoms with E-state index in [2.05, 4.69) is 21.2 Å². The molecule has 0 spiro atoms. The molecule has 0 bridgehead atoms. The Balaban J connectivity index is 2.31. The molecule has 3 nitrogen and oxygen atoms in total. The molecule has 20 heavy (non-hydrogen) atoms. The summed E-state index contributed by atoms with van der Waals surface area (Å²) in [5, 5.41) is 3.21. The van der Waals surface area contributed by atoms with Crippen LogP contribution in [0.2, 0.25) is 0 Å². The number of esters is 1. The second-order valence-electron chi connectivity index (χ2n) is 4.49. The molecule has 104 valence electrons. The van der Waals surface area contributed by atoms with Crippen LogP contribution in [-0.4, -0.2) is 13.1 Å². The molecule has 2 rings (SSSR count). The highest BCUT2D eigenvalue weighted by atomic mass is 79.9. The van der Waals surface area contributed by atoms with Crippen LogP contribution < -0.4 is 5.32 Å². The molecule has 1 atom stereocenters. The molecule has 4 heteroatoms. The van der Waals surface area contributed by atoms with E-state index in [0.29, 0.717) is 0 Å². The summed E-state index contributed by atoms with van der Waals surface area (Å²) in [5.41, 5.74) is 2.90. The molecule has 0 radical (unpaired) electrons. The number of carbonyl (C=O) groups excluding carboxylic acids is 1. The number of aryl methyl sites for hydroxylation is 1. The van der Waals surface area contributed by atoms with Crippen molar-refractivity contribution in [1.82, 2.24) is 0 Å². The van der Waals surface area contributed by atoms with E-state index in [1.54, 1.807) is 0 Å². The Bertz CT molecular complexity index is 596. The average molecular weight is 334 g/mol. The summed E-state index contributed by atoms with van der Waals surface area (Å²) in [4.78, 5) is 12.0. The maximum absolute atomic E-state index is 12.0. The Hall–Kier alpha value is -1.81. The monoisotopic (exact) mass is 333 g/mol. The van der Waals surface area contributed by atoms with Crippen LogP contribution in [-0.2, 0) is 9.53 Å². The van der Waals surface area contributed by atoms with Gasteiger partial charge < -0.3 is 10.1 Å². The number of carbonyl (C=O) groups is 1. The molecular formula is C16H16BrNO2. The first-order valence-electron chi connectivity index (χ1n) is 6.27. The lowest BCUT2D eigenvalue weighted by molar-refractivity contribution is -0.141. The smallest absolute Gasteiger partial charge is 0.333 e. The Morgan fingerprint density at radius 1 is 1.15 bits per heavy atom. The van der Waals surface area contributed by atoms with E-state index < -0.39 is 6.04 Å². The number of ether oxygens (including phenoxy) is 1. The van der Waals surface area contributed by atoms with Crippen molar-refractivity contribution in [3.63, 3.8) is 0 Å². The molecule has 0 aliphatic heterocycles. The zero-order valence-electron chi connectivity index (χ0n) is 11.4. The van der Waals surface area contributed by atoms with Crippen LogP contribution in [0.15, 0.2) is 53.0 Å². The third-order valence-electron chi connectivity index (χ3n) is 3.02. The lowest BCUT2D eigenvalue weighted by atomic mass is 10.1. The van der Waals surface area contributed by atoms with E-state index >= 15 is 0 Å². The van der Waals surface area contributed by atoms with E-state index in [1.165, 1.54) is 12.7 Å². The third-order valence-corrected chi connectivity index (χ3v) is 3.74. The van der Waals surface area contributed by atoms with E-state index in [4.69, 9.17) is 4.74 Å². The topological polar surface area (TPSA) is 38.3 Å². The predicted octanol–water partition coefficient (Wildman–Crippen LogP) is 4.08. The molecule has 2 aromatic carbocycles. The first kappa shape index (κ1) is 14.6. The van der Waals surface area contributed by atoms with Gasteiger partial charge in [0, 0.05) is 10.2 Å². The normalized spacial score (nSPS) is 11.8. The molecule has 0 aliphatic carbocycles. The minimum Gasteiger partial charge on any atom is -0.467 e. The number of nitrogens with one attached hydrogen (secondary N) is 1. The van der Waals surface area contributed by atoms with Gasteiger partial charge in [-0.2, -0.15) is 0 Å². The maximum atomic E-state index is 12.0.